The molecule has 0 amide bonds. The highest BCUT2D eigenvalue weighted by Crippen LogP contribution is 2.40. The second kappa shape index (κ2) is 8.57. The monoisotopic (exact) mass is 393 g/mol. The molecule has 0 spiro atoms. The minimum Gasteiger partial charge on any atom is -0.462 e. The van der Waals surface area contributed by atoms with E-state index in [1.54, 1.807) is 0 Å². The van der Waals surface area contributed by atoms with Crippen molar-refractivity contribution in [1.82, 2.24) is 4.98 Å². The van der Waals surface area contributed by atoms with Crippen LogP contribution in [0.2, 0.25) is 0 Å². The average molecular weight is 394 g/mol. The highest BCUT2D eigenvalue weighted by Gasteiger charge is 2.26. The number of carbonyl (C=O) groups excluding carboxylic acids is 1. The van der Waals surface area contributed by atoms with Crippen LogP contribution >= 0.6 is 11.3 Å². The van der Waals surface area contributed by atoms with Crippen molar-refractivity contribution in [3.05, 3.63) is 64.5 Å². The third-order valence-corrected chi connectivity index (χ3v) is 6.11. The molecule has 4 rings (SSSR count). The predicted octanol–water partition coefficient (Wildman–Crippen LogP) is 6.44. The standard InChI is InChI=1S/C23H23NO3S/c1-2-26-23(25)21-20(24-22(28-21)17-8-6-7-9-17)16-12-14-19(15-13-16)27-18-10-4-3-5-11-18/h3-5,10-15,17H,2,6-9H2,1H3. The molecule has 144 valence electrons. The van der Waals surface area contributed by atoms with E-state index in [0.717, 1.165) is 40.6 Å². The van der Waals surface area contributed by atoms with Crippen LogP contribution in [-0.4, -0.2) is 17.6 Å². The van der Waals surface area contributed by atoms with Crippen LogP contribution in [0, 0.1) is 0 Å². The molecule has 0 atom stereocenters. The zero-order valence-electron chi connectivity index (χ0n) is 15.9. The number of hydrogen-bond acceptors (Lipinski definition) is 5. The molecule has 3 aromatic rings. The minimum atomic E-state index is -0.288. The number of aromatic nitrogens is 1. The van der Waals surface area contributed by atoms with E-state index in [-0.39, 0.29) is 5.97 Å². The number of benzene rings is 2. The molecular formula is C23H23NO3S. The second-order valence-corrected chi connectivity index (χ2v) is 7.90. The first-order chi connectivity index (χ1) is 13.7. The normalized spacial score (nSPS) is 14.2. The zero-order chi connectivity index (χ0) is 19.3. The van der Waals surface area contributed by atoms with Gasteiger partial charge < -0.3 is 9.47 Å². The maximum Gasteiger partial charge on any atom is 0.350 e. The number of esters is 1. The quantitative estimate of drug-likeness (QED) is 0.452. The van der Waals surface area contributed by atoms with Crippen LogP contribution in [0.1, 0.15) is 53.2 Å². The molecule has 0 bridgehead atoms. The summed E-state index contributed by atoms with van der Waals surface area (Å²) in [7, 11) is 0. The van der Waals surface area contributed by atoms with Gasteiger partial charge in [-0.1, -0.05) is 31.0 Å². The van der Waals surface area contributed by atoms with E-state index in [9.17, 15) is 4.79 Å². The SMILES string of the molecule is CCOC(=O)c1sc(C2CCCC2)nc1-c1ccc(Oc2ccccc2)cc1. The van der Waals surface area contributed by atoms with E-state index in [1.165, 1.54) is 24.2 Å². The van der Waals surface area contributed by atoms with Crippen molar-refractivity contribution in [2.24, 2.45) is 0 Å². The van der Waals surface area contributed by atoms with Crippen LogP contribution in [0.15, 0.2) is 54.6 Å². The molecule has 0 saturated heterocycles. The van der Waals surface area contributed by atoms with Gasteiger partial charge in [0.15, 0.2) is 0 Å². The lowest BCUT2D eigenvalue weighted by molar-refractivity contribution is 0.0532. The fourth-order valence-corrected chi connectivity index (χ4v) is 4.67. The highest BCUT2D eigenvalue weighted by molar-refractivity contribution is 7.14. The number of hydrogen-bond donors (Lipinski definition) is 0. The molecule has 5 heteroatoms. The molecule has 4 nitrogen and oxygen atoms in total. The lowest BCUT2D eigenvalue weighted by Crippen LogP contribution is -2.03. The summed E-state index contributed by atoms with van der Waals surface area (Å²) in [5.41, 5.74) is 1.63. The number of nitrogens with zero attached hydrogens (tertiary/aromatic N) is 1. The van der Waals surface area contributed by atoms with Crippen LogP contribution in [0.25, 0.3) is 11.3 Å². The second-order valence-electron chi connectivity index (χ2n) is 6.87. The van der Waals surface area contributed by atoms with Crippen molar-refractivity contribution in [1.29, 1.82) is 0 Å². The Morgan fingerprint density at radius 3 is 2.39 bits per heavy atom. The first-order valence-corrected chi connectivity index (χ1v) is 10.6. The Hall–Kier alpha value is -2.66. The number of ether oxygens (including phenoxy) is 2. The third kappa shape index (κ3) is 4.09. The molecule has 1 aliphatic rings. The molecular weight excluding hydrogens is 370 g/mol. The summed E-state index contributed by atoms with van der Waals surface area (Å²) in [6.07, 6.45) is 4.78. The molecule has 1 saturated carbocycles. The van der Waals surface area contributed by atoms with Crippen LogP contribution in [0.3, 0.4) is 0 Å². The fraction of sp³-hybridized carbons (Fsp3) is 0.304. The van der Waals surface area contributed by atoms with Gasteiger partial charge in [-0.05, 0) is 56.2 Å². The van der Waals surface area contributed by atoms with Crippen molar-refractivity contribution >= 4 is 17.3 Å². The number of thiazole rings is 1. The van der Waals surface area contributed by atoms with Crippen LogP contribution in [0.4, 0.5) is 0 Å². The summed E-state index contributed by atoms with van der Waals surface area (Å²) in [6.45, 7) is 2.19. The van der Waals surface area contributed by atoms with E-state index < -0.39 is 0 Å². The molecule has 2 aromatic carbocycles. The molecule has 0 N–H and O–H groups in total. The molecule has 0 unspecified atom stereocenters. The first-order valence-electron chi connectivity index (χ1n) is 9.75. The van der Waals surface area contributed by atoms with Crippen molar-refractivity contribution in [2.45, 2.75) is 38.5 Å². The van der Waals surface area contributed by atoms with Gasteiger partial charge in [-0.2, -0.15) is 0 Å². The molecule has 1 fully saturated rings. The van der Waals surface area contributed by atoms with Crippen molar-refractivity contribution in [2.75, 3.05) is 6.61 Å². The summed E-state index contributed by atoms with van der Waals surface area (Å²) in [4.78, 5) is 18.0. The van der Waals surface area contributed by atoms with Gasteiger partial charge in [0.25, 0.3) is 0 Å². The molecule has 28 heavy (non-hydrogen) atoms. The lowest BCUT2D eigenvalue weighted by atomic mass is 10.1. The predicted molar refractivity (Wildman–Crippen MR) is 111 cm³/mol. The lowest BCUT2D eigenvalue weighted by Gasteiger charge is -2.07. The molecule has 1 aromatic heterocycles. The van der Waals surface area contributed by atoms with Gasteiger partial charge in [0, 0.05) is 11.5 Å². The van der Waals surface area contributed by atoms with Crippen LogP contribution in [0.5, 0.6) is 11.5 Å². The summed E-state index contributed by atoms with van der Waals surface area (Å²) in [5, 5.41) is 1.06. The van der Waals surface area contributed by atoms with Crippen molar-refractivity contribution in [3.8, 4) is 22.8 Å². The van der Waals surface area contributed by atoms with Gasteiger partial charge in [0.05, 0.1) is 17.3 Å². The topological polar surface area (TPSA) is 48.4 Å². The Balaban J connectivity index is 1.62. The van der Waals surface area contributed by atoms with Crippen LogP contribution in [-0.2, 0) is 4.74 Å². The summed E-state index contributed by atoms with van der Waals surface area (Å²) >= 11 is 1.49. The van der Waals surface area contributed by atoms with Gasteiger partial charge >= 0.3 is 5.97 Å². The molecule has 1 aliphatic carbocycles. The summed E-state index contributed by atoms with van der Waals surface area (Å²) < 4.78 is 11.1. The van der Waals surface area contributed by atoms with E-state index in [0.29, 0.717) is 17.4 Å². The van der Waals surface area contributed by atoms with Gasteiger partial charge in [0.2, 0.25) is 0 Å². The molecule has 1 heterocycles. The molecule has 0 aliphatic heterocycles. The number of carbonyl (C=O) groups is 1. The van der Waals surface area contributed by atoms with Crippen LogP contribution < -0.4 is 4.74 Å². The Morgan fingerprint density at radius 2 is 1.71 bits per heavy atom. The van der Waals surface area contributed by atoms with E-state index in [4.69, 9.17) is 14.5 Å². The Labute approximate surface area is 169 Å². The summed E-state index contributed by atoms with van der Waals surface area (Å²) in [6, 6.07) is 17.4. The molecule has 0 radical (unpaired) electrons. The average Bonchev–Trinajstić information content (AvgIpc) is 3.40. The Morgan fingerprint density at radius 1 is 1.04 bits per heavy atom. The highest BCUT2D eigenvalue weighted by atomic mass is 32.1. The summed E-state index contributed by atoms with van der Waals surface area (Å²) in [5.74, 6) is 1.72. The minimum absolute atomic E-state index is 0.288. The third-order valence-electron chi connectivity index (χ3n) is 4.92. The first kappa shape index (κ1) is 18.7. The van der Waals surface area contributed by atoms with E-state index in [1.807, 2.05) is 61.5 Å². The maximum atomic E-state index is 12.5. The van der Waals surface area contributed by atoms with Gasteiger partial charge in [-0.25, -0.2) is 9.78 Å². The van der Waals surface area contributed by atoms with Gasteiger partial charge in [-0.3, -0.25) is 0 Å². The maximum absolute atomic E-state index is 12.5. The van der Waals surface area contributed by atoms with Gasteiger partial charge in [0.1, 0.15) is 16.4 Å². The van der Waals surface area contributed by atoms with Crippen molar-refractivity contribution < 1.29 is 14.3 Å². The Kier molecular flexibility index (Phi) is 5.72. The largest absolute Gasteiger partial charge is 0.462 e. The fourth-order valence-electron chi connectivity index (χ4n) is 3.52. The van der Waals surface area contributed by atoms with Crippen molar-refractivity contribution in [3.63, 3.8) is 0 Å². The zero-order valence-corrected chi connectivity index (χ0v) is 16.7. The van der Waals surface area contributed by atoms with E-state index in [2.05, 4.69) is 0 Å². The van der Waals surface area contributed by atoms with E-state index >= 15 is 0 Å². The number of rotatable bonds is 6. The number of para-hydroxylation sites is 1. The smallest absolute Gasteiger partial charge is 0.350 e. The van der Waals surface area contributed by atoms with Gasteiger partial charge in [-0.15, -0.1) is 11.3 Å². The Bertz CT molecular complexity index is 928.